The van der Waals surface area contributed by atoms with Gasteiger partial charge in [0.1, 0.15) is 0 Å². The van der Waals surface area contributed by atoms with Crippen molar-refractivity contribution in [2.24, 2.45) is 34.5 Å². The van der Waals surface area contributed by atoms with Gasteiger partial charge in [0.25, 0.3) is 0 Å². The summed E-state index contributed by atoms with van der Waals surface area (Å²) in [7, 11) is 0. The summed E-state index contributed by atoms with van der Waals surface area (Å²) in [5, 5.41) is 0. The maximum absolute atomic E-state index is 12.5. The number of allylic oxidation sites excluding steroid dienone is 2. The van der Waals surface area contributed by atoms with Crippen LogP contribution in [0.15, 0.2) is 12.2 Å². The predicted molar refractivity (Wildman–Crippen MR) is 105 cm³/mol. The topological polar surface area (TPSA) is 35.5 Å². The third-order valence-electron chi connectivity index (χ3n) is 9.37. The Morgan fingerprint density at radius 1 is 1.07 bits per heavy atom. The Bertz CT molecular complexity index is 621. The highest BCUT2D eigenvalue weighted by atomic mass is 16.7. The van der Waals surface area contributed by atoms with Crippen molar-refractivity contribution in [3.63, 3.8) is 0 Å². The molecule has 1 heterocycles. The van der Waals surface area contributed by atoms with Crippen LogP contribution in [-0.2, 0) is 14.3 Å². The lowest BCUT2D eigenvalue weighted by atomic mass is 9.45. The van der Waals surface area contributed by atoms with Gasteiger partial charge in [-0.3, -0.25) is 4.79 Å². The standard InChI is InChI=1S/C24H36O3/c1-23-12-10-17(27-22-5-3-4-14-26-22)15-16(23)6-7-18-19-8-9-21(25)24(19,2)13-11-20(18)23/h8-9,16-20,22H,3-7,10-15H2,1-2H3/t16-,17+,18+,19+,20+,22?,23+,24+/m1/s1. The lowest BCUT2D eigenvalue weighted by Crippen LogP contribution is -2.54. The van der Waals surface area contributed by atoms with Gasteiger partial charge in [-0.25, -0.2) is 0 Å². The smallest absolute Gasteiger partial charge is 0.161 e. The van der Waals surface area contributed by atoms with Crippen molar-refractivity contribution in [3.8, 4) is 0 Å². The lowest BCUT2D eigenvalue weighted by molar-refractivity contribution is -0.211. The maximum Gasteiger partial charge on any atom is 0.161 e. The number of carbonyl (C=O) groups is 1. The van der Waals surface area contributed by atoms with Crippen LogP contribution in [0.25, 0.3) is 0 Å². The van der Waals surface area contributed by atoms with E-state index >= 15 is 0 Å². The molecule has 5 rings (SSSR count). The van der Waals surface area contributed by atoms with Gasteiger partial charge in [-0.15, -0.1) is 0 Å². The van der Waals surface area contributed by atoms with Crippen molar-refractivity contribution < 1.29 is 14.3 Å². The summed E-state index contributed by atoms with van der Waals surface area (Å²) in [6, 6.07) is 0. The van der Waals surface area contributed by atoms with Crippen LogP contribution in [0, 0.1) is 34.5 Å². The molecule has 4 aliphatic carbocycles. The van der Waals surface area contributed by atoms with E-state index in [4.69, 9.17) is 9.47 Å². The van der Waals surface area contributed by atoms with Crippen molar-refractivity contribution in [2.45, 2.75) is 90.4 Å². The zero-order chi connectivity index (χ0) is 18.6. The van der Waals surface area contributed by atoms with Crippen molar-refractivity contribution in [2.75, 3.05) is 6.61 Å². The molecule has 1 aliphatic heterocycles. The molecule has 1 saturated heterocycles. The van der Waals surface area contributed by atoms with Crippen molar-refractivity contribution >= 4 is 5.78 Å². The average molecular weight is 373 g/mol. The average Bonchev–Trinajstić information content (AvgIpc) is 2.98. The summed E-state index contributed by atoms with van der Waals surface area (Å²) < 4.78 is 12.2. The Morgan fingerprint density at radius 3 is 2.78 bits per heavy atom. The molecular weight excluding hydrogens is 336 g/mol. The molecule has 0 radical (unpaired) electrons. The zero-order valence-electron chi connectivity index (χ0n) is 17.1. The molecule has 27 heavy (non-hydrogen) atoms. The molecule has 0 aromatic carbocycles. The number of hydrogen-bond acceptors (Lipinski definition) is 3. The van der Waals surface area contributed by atoms with Gasteiger partial charge in [0.05, 0.1) is 6.10 Å². The fourth-order valence-electron chi connectivity index (χ4n) is 7.65. The van der Waals surface area contributed by atoms with Crippen molar-refractivity contribution in [1.29, 1.82) is 0 Å². The number of ether oxygens (including phenoxy) is 2. The van der Waals surface area contributed by atoms with E-state index in [1.807, 2.05) is 6.08 Å². The van der Waals surface area contributed by atoms with Crippen LogP contribution in [0.3, 0.4) is 0 Å². The first-order valence-electron chi connectivity index (χ1n) is 11.5. The van der Waals surface area contributed by atoms with Gasteiger partial charge in [0.15, 0.2) is 12.1 Å². The van der Waals surface area contributed by atoms with E-state index in [-0.39, 0.29) is 11.7 Å². The monoisotopic (exact) mass is 372 g/mol. The molecule has 0 amide bonds. The molecule has 0 spiro atoms. The summed E-state index contributed by atoms with van der Waals surface area (Å²) in [5.41, 5.74) is 0.347. The van der Waals surface area contributed by atoms with Gasteiger partial charge in [0.2, 0.25) is 0 Å². The van der Waals surface area contributed by atoms with E-state index in [2.05, 4.69) is 19.9 Å². The van der Waals surface area contributed by atoms with Gasteiger partial charge in [-0.1, -0.05) is 19.9 Å². The fourth-order valence-corrected chi connectivity index (χ4v) is 7.65. The SMILES string of the molecule is C[C@]12CC[C@H](OC3CCCCO3)C[C@H]1CC[C@@H]1[C@@H]2CC[C@]2(C)C(=O)C=C[C@@H]12. The summed E-state index contributed by atoms with van der Waals surface area (Å²) in [6.45, 7) is 5.68. The van der Waals surface area contributed by atoms with Gasteiger partial charge in [0, 0.05) is 12.0 Å². The first-order valence-corrected chi connectivity index (χ1v) is 11.5. The Kier molecular flexibility index (Phi) is 4.55. The number of carbonyl (C=O) groups excluding carboxylic acids is 1. The molecule has 0 aromatic rings. The Labute approximate surface area is 164 Å². The van der Waals surface area contributed by atoms with Crippen molar-refractivity contribution in [3.05, 3.63) is 12.2 Å². The number of ketones is 1. The van der Waals surface area contributed by atoms with Crippen molar-refractivity contribution in [1.82, 2.24) is 0 Å². The van der Waals surface area contributed by atoms with E-state index in [1.165, 1.54) is 51.4 Å². The van der Waals surface area contributed by atoms with Gasteiger partial charge >= 0.3 is 0 Å². The van der Waals surface area contributed by atoms with Crippen LogP contribution in [0.4, 0.5) is 0 Å². The van der Waals surface area contributed by atoms with Crippen LogP contribution in [0.2, 0.25) is 0 Å². The summed E-state index contributed by atoms with van der Waals surface area (Å²) in [4.78, 5) is 12.5. The normalized spacial score (nSPS) is 52.1. The van der Waals surface area contributed by atoms with Crippen LogP contribution in [0.5, 0.6) is 0 Å². The number of hydrogen-bond donors (Lipinski definition) is 0. The van der Waals surface area contributed by atoms with E-state index in [0.29, 0.717) is 29.1 Å². The van der Waals surface area contributed by atoms with Gasteiger partial charge in [-0.2, -0.15) is 0 Å². The highest BCUT2D eigenvalue weighted by Gasteiger charge is 2.59. The third-order valence-corrected chi connectivity index (χ3v) is 9.37. The fraction of sp³-hybridized carbons (Fsp3) is 0.875. The quantitative estimate of drug-likeness (QED) is 0.618. The Balaban J connectivity index is 1.29. The second-order valence-electron chi connectivity index (χ2n) is 10.6. The van der Waals surface area contributed by atoms with Crippen LogP contribution in [-0.4, -0.2) is 24.8 Å². The van der Waals surface area contributed by atoms with E-state index in [0.717, 1.165) is 31.3 Å². The van der Waals surface area contributed by atoms with Crippen LogP contribution < -0.4 is 0 Å². The summed E-state index contributed by atoms with van der Waals surface area (Å²) in [6.07, 6.45) is 16.8. The molecule has 3 nitrogen and oxygen atoms in total. The molecule has 3 saturated carbocycles. The molecule has 5 aliphatic rings. The molecule has 0 bridgehead atoms. The minimum Gasteiger partial charge on any atom is -0.353 e. The summed E-state index contributed by atoms with van der Waals surface area (Å²) >= 11 is 0. The van der Waals surface area contributed by atoms with Crippen LogP contribution in [0.1, 0.15) is 78.1 Å². The molecular formula is C24H36O3. The highest BCUT2D eigenvalue weighted by molar-refractivity contribution is 5.97. The molecule has 3 heteroatoms. The molecule has 0 aromatic heterocycles. The van der Waals surface area contributed by atoms with E-state index in [9.17, 15) is 4.79 Å². The van der Waals surface area contributed by atoms with Gasteiger partial charge < -0.3 is 9.47 Å². The Hall–Kier alpha value is -0.670. The summed E-state index contributed by atoms with van der Waals surface area (Å²) in [5.74, 6) is 3.17. The molecule has 150 valence electrons. The molecule has 4 fully saturated rings. The van der Waals surface area contributed by atoms with Crippen LogP contribution >= 0.6 is 0 Å². The second-order valence-corrected chi connectivity index (χ2v) is 10.6. The predicted octanol–water partition coefficient (Wildman–Crippen LogP) is 5.29. The second kappa shape index (κ2) is 6.69. The minimum atomic E-state index is -0.0942. The Morgan fingerprint density at radius 2 is 1.96 bits per heavy atom. The lowest BCUT2D eigenvalue weighted by Gasteiger charge is -2.60. The molecule has 0 N–H and O–H groups in total. The molecule has 1 unspecified atom stereocenters. The maximum atomic E-state index is 12.5. The first kappa shape index (κ1) is 18.4. The first-order chi connectivity index (χ1) is 13.0. The third kappa shape index (κ3) is 2.87. The molecule has 8 atom stereocenters. The number of rotatable bonds is 2. The van der Waals surface area contributed by atoms with E-state index in [1.54, 1.807) is 0 Å². The number of fused-ring (bicyclic) bond motifs is 5. The van der Waals surface area contributed by atoms with Gasteiger partial charge in [-0.05, 0) is 99.4 Å². The van der Waals surface area contributed by atoms with E-state index < -0.39 is 0 Å². The highest BCUT2D eigenvalue weighted by Crippen LogP contribution is 2.64. The largest absolute Gasteiger partial charge is 0.353 e. The minimum absolute atomic E-state index is 0.0504. The zero-order valence-corrected chi connectivity index (χ0v) is 17.1.